The Hall–Kier alpha value is -2.53. The highest BCUT2D eigenvalue weighted by molar-refractivity contribution is 6.33. The minimum absolute atomic E-state index is 0.173. The van der Waals surface area contributed by atoms with Gasteiger partial charge in [0.2, 0.25) is 0 Å². The highest BCUT2D eigenvalue weighted by Crippen LogP contribution is 2.23. The summed E-state index contributed by atoms with van der Waals surface area (Å²) in [4.78, 5) is 16.1. The summed E-state index contributed by atoms with van der Waals surface area (Å²) in [6.45, 7) is 0. The summed E-state index contributed by atoms with van der Waals surface area (Å²) >= 11 is 5.93. The average molecular weight is 288 g/mol. The SMILES string of the molecule is Nc1ccc2oc(C(=O)Nc3ncccc3Cl)cc2c1. The molecule has 20 heavy (non-hydrogen) atoms. The predicted octanol–water partition coefficient (Wildman–Crippen LogP) is 3.32. The molecule has 100 valence electrons. The van der Waals surface area contributed by atoms with Gasteiger partial charge in [-0.15, -0.1) is 0 Å². The van der Waals surface area contributed by atoms with Gasteiger partial charge < -0.3 is 15.5 Å². The summed E-state index contributed by atoms with van der Waals surface area (Å²) in [5.74, 6) is 0.0480. The van der Waals surface area contributed by atoms with Gasteiger partial charge in [-0.25, -0.2) is 4.98 Å². The number of pyridine rings is 1. The van der Waals surface area contributed by atoms with Crippen molar-refractivity contribution in [3.63, 3.8) is 0 Å². The number of nitrogens with one attached hydrogen (secondary N) is 1. The number of furan rings is 1. The number of aromatic nitrogens is 1. The number of hydrogen-bond acceptors (Lipinski definition) is 4. The minimum atomic E-state index is -0.416. The van der Waals surface area contributed by atoms with Crippen LogP contribution in [0, 0.1) is 0 Å². The van der Waals surface area contributed by atoms with Crippen LogP contribution in [0.4, 0.5) is 11.5 Å². The third-order valence-electron chi connectivity index (χ3n) is 2.75. The van der Waals surface area contributed by atoms with Crippen LogP contribution in [-0.4, -0.2) is 10.9 Å². The Labute approximate surface area is 119 Å². The van der Waals surface area contributed by atoms with E-state index in [0.29, 0.717) is 22.1 Å². The van der Waals surface area contributed by atoms with Crippen molar-refractivity contribution >= 4 is 40.0 Å². The molecule has 3 rings (SSSR count). The van der Waals surface area contributed by atoms with Crippen LogP contribution >= 0.6 is 11.6 Å². The molecule has 3 N–H and O–H groups in total. The van der Waals surface area contributed by atoms with Crippen molar-refractivity contribution in [2.75, 3.05) is 11.1 Å². The molecule has 2 aromatic heterocycles. The van der Waals surface area contributed by atoms with Crippen LogP contribution in [0.5, 0.6) is 0 Å². The minimum Gasteiger partial charge on any atom is -0.451 e. The first-order valence-corrected chi connectivity index (χ1v) is 6.22. The highest BCUT2D eigenvalue weighted by atomic mass is 35.5. The molecule has 0 bridgehead atoms. The highest BCUT2D eigenvalue weighted by Gasteiger charge is 2.14. The maximum absolute atomic E-state index is 12.1. The van der Waals surface area contributed by atoms with Crippen LogP contribution in [0.1, 0.15) is 10.6 Å². The van der Waals surface area contributed by atoms with Gasteiger partial charge in [-0.1, -0.05) is 11.6 Å². The molecule has 0 aliphatic heterocycles. The lowest BCUT2D eigenvalue weighted by Gasteiger charge is -2.03. The zero-order chi connectivity index (χ0) is 14.1. The first-order valence-electron chi connectivity index (χ1n) is 5.84. The summed E-state index contributed by atoms with van der Waals surface area (Å²) < 4.78 is 5.46. The number of nitrogens with two attached hydrogens (primary N) is 1. The number of anilines is 2. The van der Waals surface area contributed by atoms with Gasteiger partial charge in [0.15, 0.2) is 11.6 Å². The molecule has 0 fully saturated rings. The van der Waals surface area contributed by atoms with Crippen molar-refractivity contribution < 1.29 is 9.21 Å². The molecule has 5 nitrogen and oxygen atoms in total. The Bertz CT molecular complexity index is 798. The van der Waals surface area contributed by atoms with E-state index in [1.165, 1.54) is 0 Å². The van der Waals surface area contributed by atoms with Crippen molar-refractivity contribution in [2.24, 2.45) is 0 Å². The zero-order valence-electron chi connectivity index (χ0n) is 10.3. The van der Waals surface area contributed by atoms with Crippen molar-refractivity contribution in [3.8, 4) is 0 Å². The van der Waals surface area contributed by atoms with Gasteiger partial charge in [0.25, 0.3) is 5.91 Å². The fourth-order valence-electron chi connectivity index (χ4n) is 1.82. The Morgan fingerprint density at radius 2 is 2.15 bits per heavy atom. The molecule has 0 aliphatic rings. The summed E-state index contributed by atoms with van der Waals surface area (Å²) in [5, 5.41) is 3.72. The summed E-state index contributed by atoms with van der Waals surface area (Å²) in [6, 6.07) is 10.1. The van der Waals surface area contributed by atoms with E-state index < -0.39 is 5.91 Å². The first-order chi connectivity index (χ1) is 9.63. The number of benzene rings is 1. The van der Waals surface area contributed by atoms with E-state index in [2.05, 4.69) is 10.3 Å². The molecule has 0 unspecified atom stereocenters. The molecule has 6 heteroatoms. The van der Waals surface area contributed by atoms with E-state index in [1.54, 1.807) is 42.6 Å². The fourth-order valence-corrected chi connectivity index (χ4v) is 1.99. The van der Waals surface area contributed by atoms with Crippen LogP contribution in [0.3, 0.4) is 0 Å². The van der Waals surface area contributed by atoms with E-state index in [1.807, 2.05) is 0 Å². The predicted molar refractivity (Wildman–Crippen MR) is 77.8 cm³/mol. The van der Waals surface area contributed by atoms with Gasteiger partial charge in [-0.2, -0.15) is 0 Å². The van der Waals surface area contributed by atoms with Crippen LogP contribution in [0.25, 0.3) is 11.0 Å². The summed E-state index contributed by atoms with van der Waals surface area (Å²) in [7, 11) is 0. The molecule has 2 heterocycles. The second kappa shape index (κ2) is 4.86. The van der Waals surface area contributed by atoms with E-state index in [9.17, 15) is 4.79 Å². The van der Waals surface area contributed by atoms with Gasteiger partial charge in [-0.05, 0) is 36.4 Å². The molecule has 0 radical (unpaired) electrons. The van der Waals surface area contributed by atoms with Crippen molar-refractivity contribution in [1.29, 1.82) is 0 Å². The van der Waals surface area contributed by atoms with Crippen LogP contribution in [-0.2, 0) is 0 Å². The van der Waals surface area contributed by atoms with Gasteiger partial charge in [-0.3, -0.25) is 4.79 Å². The fraction of sp³-hybridized carbons (Fsp3) is 0. The molecule has 1 aromatic carbocycles. The molecular formula is C14H10ClN3O2. The Kier molecular flexibility index (Phi) is 3.04. The summed E-state index contributed by atoms with van der Waals surface area (Å²) in [5.41, 5.74) is 6.89. The van der Waals surface area contributed by atoms with E-state index in [0.717, 1.165) is 5.39 Å². The van der Waals surface area contributed by atoms with E-state index in [4.69, 9.17) is 21.8 Å². The molecule has 0 saturated carbocycles. The van der Waals surface area contributed by atoms with Crippen LogP contribution < -0.4 is 11.1 Å². The van der Waals surface area contributed by atoms with Crippen LogP contribution in [0.2, 0.25) is 5.02 Å². The zero-order valence-corrected chi connectivity index (χ0v) is 11.0. The second-order valence-electron chi connectivity index (χ2n) is 4.20. The number of nitrogen functional groups attached to an aromatic ring is 1. The lowest BCUT2D eigenvalue weighted by Crippen LogP contribution is -2.12. The second-order valence-corrected chi connectivity index (χ2v) is 4.60. The molecule has 0 aliphatic carbocycles. The molecule has 0 spiro atoms. The Morgan fingerprint density at radius 1 is 1.30 bits per heavy atom. The quantitative estimate of drug-likeness (QED) is 0.709. The number of amides is 1. The lowest BCUT2D eigenvalue weighted by atomic mass is 10.2. The largest absolute Gasteiger partial charge is 0.451 e. The standard InChI is InChI=1S/C14H10ClN3O2/c15-10-2-1-5-17-13(10)18-14(19)12-7-8-6-9(16)3-4-11(8)20-12/h1-7H,16H2,(H,17,18,19). The maximum Gasteiger partial charge on any atom is 0.292 e. The average Bonchev–Trinajstić information content (AvgIpc) is 2.84. The molecule has 0 saturated heterocycles. The monoisotopic (exact) mass is 287 g/mol. The molecule has 1 amide bonds. The third-order valence-corrected chi connectivity index (χ3v) is 3.06. The smallest absolute Gasteiger partial charge is 0.292 e. The van der Waals surface area contributed by atoms with Gasteiger partial charge in [0.05, 0.1) is 5.02 Å². The molecule has 3 aromatic rings. The Balaban J connectivity index is 1.91. The number of fused-ring (bicyclic) bond motifs is 1. The van der Waals surface area contributed by atoms with E-state index in [-0.39, 0.29) is 5.76 Å². The summed E-state index contributed by atoms with van der Waals surface area (Å²) in [6.07, 6.45) is 1.54. The number of hydrogen-bond donors (Lipinski definition) is 2. The Morgan fingerprint density at radius 3 is 2.95 bits per heavy atom. The van der Waals surface area contributed by atoms with Gasteiger partial charge in [0.1, 0.15) is 5.58 Å². The first kappa shape index (κ1) is 12.5. The van der Waals surface area contributed by atoms with Crippen molar-refractivity contribution in [1.82, 2.24) is 4.98 Å². The number of rotatable bonds is 2. The van der Waals surface area contributed by atoms with Gasteiger partial charge >= 0.3 is 0 Å². The van der Waals surface area contributed by atoms with Crippen molar-refractivity contribution in [2.45, 2.75) is 0 Å². The number of nitrogens with zero attached hydrogens (tertiary/aromatic N) is 1. The molecular weight excluding hydrogens is 278 g/mol. The van der Waals surface area contributed by atoms with Crippen molar-refractivity contribution in [3.05, 3.63) is 53.4 Å². The normalized spacial score (nSPS) is 10.7. The third kappa shape index (κ3) is 2.31. The molecule has 0 atom stereocenters. The van der Waals surface area contributed by atoms with Crippen LogP contribution in [0.15, 0.2) is 47.0 Å². The van der Waals surface area contributed by atoms with E-state index >= 15 is 0 Å². The number of carbonyl (C=O) groups is 1. The topological polar surface area (TPSA) is 81.1 Å². The maximum atomic E-state index is 12.1. The number of carbonyl (C=O) groups excluding carboxylic acids is 1. The van der Waals surface area contributed by atoms with Gasteiger partial charge in [0, 0.05) is 17.3 Å². The number of halogens is 1. The lowest BCUT2D eigenvalue weighted by molar-refractivity contribution is 0.0998.